The van der Waals surface area contributed by atoms with Gasteiger partial charge >= 0.3 is 0 Å². The summed E-state index contributed by atoms with van der Waals surface area (Å²) in [7, 11) is 1.92. The molecule has 0 N–H and O–H groups in total. The van der Waals surface area contributed by atoms with E-state index in [1.807, 2.05) is 44.0 Å². The van der Waals surface area contributed by atoms with E-state index in [2.05, 4.69) is 0 Å². The Bertz CT molecular complexity index is 624. The molecular formula is C17H18FNO. The van der Waals surface area contributed by atoms with Crippen LogP contribution in [0.15, 0.2) is 42.5 Å². The molecule has 2 aromatic carbocycles. The minimum absolute atomic E-state index is 0.0855. The number of rotatable bonds is 4. The normalized spacial score (nSPS) is 12.0. The van der Waals surface area contributed by atoms with Crippen molar-refractivity contribution in [1.29, 1.82) is 0 Å². The second kappa shape index (κ2) is 5.87. The Labute approximate surface area is 118 Å². The third-order valence-corrected chi connectivity index (χ3v) is 3.72. The number of hydrogen-bond donors (Lipinski definition) is 0. The average Bonchev–Trinajstić information content (AvgIpc) is 2.46. The predicted molar refractivity (Wildman–Crippen MR) is 79.8 cm³/mol. The Morgan fingerprint density at radius 3 is 2.50 bits per heavy atom. The summed E-state index contributed by atoms with van der Waals surface area (Å²) in [5.41, 5.74) is 3.22. The molecule has 1 unspecified atom stereocenters. The van der Waals surface area contributed by atoms with Crippen LogP contribution in [0.1, 0.15) is 34.5 Å². The van der Waals surface area contributed by atoms with Gasteiger partial charge in [0.25, 0.3) is 0 Å². The Morgan fingerprint density at radius 2 is 1.90 bits per heavy atom. The van der Waals surface area contributed by atoms with Crippen LogP contribution in [-0.4, -0.2) is 13.3 Å². The second-order valence-corrected chi connectivity index (χ2v) is 4.97. The number of aldehydes is 1. The van der Waals surface area contributed by atoms with Gasteiger partial charge in [0.2, 0.25) is 0 Å². The Balaban J connectivity index is 2.31. The minimum atomic E-state index is -0.201. The molecule has 0 spiro atoms. The fraction of sp³-hybridized carbons (Fsp3) is 0.235. The summed E-state index contributed by atoms with van der Waals surface area (Å²) in [4.78, 5) is 12.8. The molecule has 0 bridgehead atoms. The van der Waals surface area contributed by atoms with Gasteiger partial charge < -0.3 is 4.90 Å². The number of halogens is 1. The molecule has 20 heavy (non-hydrogen) atoms. The van der Waals surface area contributed by atoms with Gasteiger partial charge in [-0.25, -0.2) is 4.39 Å². The van der Waals surface area contributed by atoms with Crippen LogP contribution in [0.25, 0.3) is 0 Å². The first-order chi connectivity index (χ1) is 9.54. The first-order valence-corrected chi connectivity index (χ1v) is 6.57. The van der Waals surface area contributed by atoms with Crippen molar-refractivity contribution in [1.82, 2.24) is 0 Å². The molecule has 3 heteroatoms. The monoisotopic (exact) mass is 271 g/mol. The van der Waals surface area contributed by atoms with Gasteiger partial charge in [-0.1, -0.05) is 18.2 Å². The van der Waals surface area contributed by atoms with E-state index in [-0.39, 0.29) is 11.9 Å². The number of hydrogen-bond acceptors (Lipinski definition) is 2. The zero-order chi connectivity index (χ0) is 14.7. The molecule has 0 fully saturated rings. The van der Waals surface area contributed by atoms with Crippen LogP contribution in [0.3, 0.4) is 0 Å². The zero-order valence-electron chi connectivity index (χ0n) is 11.9. The molecule has 2 rings (SSSR count). The smallest absolute Gasteiger partial charge is 0.150 e. The fourth-order valence-electron chi connectivity index (χ4n) is 2.26. The van der Waals surface area contributed by atoms with Crippen LogP contribution in [0.4, 0.5) is 10.1 Å². The number of carbonyl (C=O) groups excluding carboxylic acids is 1. The number of anilines is 1. The first kappa shape index (κ1) is 14.3. The van der Waals surface area contributed by atoms with E-state index in [4.69, 9.17) is 0 Å². The lowest BCUT2D eigenvalue weighted by Crippen LogP contribution is -2.22. The highest BCUT2D eigenvalue weighted by molar-refractivity contribution is 5.78. The summed E-state index contributed by atoms with van der Waals surface area (Å²) in [5, 5.41) is 0. The summed E-state index contributed by atoms with van der Waals surface area (Å²) in [6, 6.07) is 12.3. The highest BCUT2D eigenvalue weighted by Crippen LogP contribution is 2.27. The summed E-state index contributed by atoms with van der Waals surface area (Å²) in [6.45, 7) is 3.86. The molecule has 104 valence electrons. The van der Waals surface area contributed by atoms with Gasteiger partial charge in [-0.3, -0.25) is 4.79 Å². The quantitative estimate of drug-likeness (QED) is 0.779. The summed E-state index contributed by atoms with van der Waals surface area (Å²) in [6.07, 6.45) is 0.847. The molecule has 0 heterocycles. The van der Waals surface area contributed by atoms with Gasteiger partial charge in [-0.05, 0) is 43.7 Å². The molecule has 0 radical (unpaired) electrons. The van der Waals surface area contributed by atoms with Crippen molar-refractivity contribution in [3.8, 4) is 0 Å². The number of carbonyl (C=O) groups is 1. The molecule has 0 aromatic heterocycles. The zero-order valence-corrected chi connectivity index (χ0v) is 11.9. The summed E-state index contributed by atoms with van der Waals surface area (Å²) in [5.74, 6) is -0.201. The lowest BCUT2D eigenvalue weighted by molar-refractivity contribution is 0.112. The van der Waals surface area contributed by atoms with Crippen molar-refractivity contribution >= 4 is 12.0 Å². The van der Waals surface area contributed by atoms with Crippen molar-refractivity contribution in [3.05, 3.63) is 65.0 Å². The number of nitrogens with zero attached hydrogens (tertiary/aromatic N) is 1. The molecule has 0 aliphatic rings. The molecule has 0 aliphatic heterocycles. The molecule has 0 amide bonds. The Hall–Kier alpha value is -2.16. The molecule has 2 aromatic rings. The van der Waals surface area contributed by atoms with E-state index < -0.39 is 0 Å². The van der Waals surface area contributed by atoms with Crippen LogP contribution in [-0.2, 0) is 0 Å². The van der Waals surface area contributed by atoms with Crippen molar-refractivity contribution in [2.75, 3.05) is 11.9 Å². The van der Waals surface area contributed by atoms with Gasteiger partial charge in [-0.15, -0.1) is 0 Å². The summed E-state index contributed by atoms with van der Waals surface area (Å²) >= 11 is 0. The van der Waals surface area contributed by atoms with Gasteiger partial charge in [0.1, 0.15) is 12.1 Å². The van der Waals surface area contributed by atoms with E-state index in [0.29, 0.717) is 11.1 Å². The summed E-state index contributed by atoms with van der Waals surface area (Å²) < 4.78 is 13.8. The van der Waals surface area contributed by atoms with Crippen molar-refractivity contribution in [2.45, 2.75) is 19.9 Å². The van der Waals surface area contributed by atoms with E-state index in [0.717, 1.165) is 17.5 Å². The lowest BCUT2D eigenvalue weighted by Gasteiger charge is -2.28. The van der Waals surface area contributed by atoms with E-state index in [9.17, 15) is 9.18 Å². The third-order valence-electron chi connectivity index (χ3n) is 3.72. The van der Waals surface area contributed by atoms with E-state index in [1.165, 1.54) is 6.07 Å². The Kier molecular flexibility index (Phi) is 4.18. The van der Waals surface area contributed by atoms with Crippen molar-refractivity contribution in [3.63, 3.8) is 0 Å². The fourth-order valence-corrected chi connectivity index (χ4v) is 2.26. The molecule has 1 atom stereocenters. The average molecular weight is 271 g/mol. The maximum Gasteiger partial charge on any atom is 0.150 e. The van der Waals surface area contributed by atoms with Crippen LogP contribution in [0.5, 0.6) is 0 Å². The van der Waals surface area contributed by atoms with Gasteiger partial charge in [0.05, 0.1) is 6.04 Å². The van der Waals surface area contributed by atoms with Gasteiger partial charge in [0.15, 0.2) is 0 Å². The van der Waals surface area contributed by atoms with Gasteiger partial charge in [-0.2, -0.15) is 0 Å². The van der Waals surface area contributed by atoms with Crippen LogP contribution < -0.4 is 4.90 Å². The Morgan fingerprint density at radius 1 is 1.20 bits per heavy atom. The number of benzene rings is 2. The van der Waals surface area contributed by atoms with Crippen LogP contribution in [0, 0.1) is 12.7 Å². The first-order valence-electron chi connectivity index (χ1n) is 6.57. The molecular weight excluding hydrogens is 253 g/mol. The molecule has 2 nitrogen and oxygen atoms in total. The maximum absolute atomic E-state index is 13.8. The van der Waals surface area contributed by atoms with Crippen LogP contribution in [0.2, 0.25) is 0 Å². The van der Waals surface area contributed by atoms with Crippen LogP contribution >= 0.6 is 0 Å². The second-order valence-electron chi connectivity index (χ2n) is 4.97. The van der Waals surface area contributed by atoms with Gasteiger partial charge in [0, 0.05) is 23.9 Å². The lowest BCUT2D eigenvalue weighted by atomic mass is 10.0. The topological polar surface area (TPSA) is 20.3 Å². The standard InChI is InChI=1S/C17H18FNO/c1-12-10-15(9-8-14(12)11-20)19(3)13(2)16-6-4-5-7-17(16)18/h4-11,13H,1-3H3. The maximum atomic E-state index is 13.8. The molecule has 0 saturated heterocycles. The highest BCUT2D eigenvalue weighted by Gasteiger charge is 2.16. The predicted octanol–water partition coefficient (Wildman–Crippen LogP) is 4.14. The SMILES string of the molecule is Cc1cc(N(C)C(C)c2ccccc2F)ccc1C=O. The highest BCUT2D eigenvalue weighted by atomic mass is 19.1. The van der Waals surface area contributed by atoms with E-state index in [1.54, 1.807) is 18.2 Å². The van der Waals surface area contributed by atoms with E-state index >= 15 is 0 Å². The molecule has 0 saturated carbocycles. The third kappa shape index (κ3) is 2.72. The largest absolute Gasteiger partial charge is 0.368 e. The molecule has 0 aliphatic carbocycles. The minimum Gasteiger partial charge on any atom is -0.368 e. The van der Waals surface area contributed by atoms with Crippen molar-refractivity contribution in [2.24, 2.45) is 0 Å². The van der Waals surface area contributed by atoms with Crippen molar-refractivity contribution < 1.29 is 9.18 Å². The number of aryl methyl sites for hydroxylation is 1.